The Balaban J connectivity index is 1.39. The monoisotopic (exact) mass is 394 g/mol. The molecule has 3 aromatic heterocycles. The van der Waals surface area contributed by atoms with Crippen molar-refractivity contribution in [3.05, 3.63) is 63.5 Å². The minimum atomic E-state index is 0.182. The van der Waals surface area contributed by atoms with Crippen molar-refractivity contribution in [2.45, 2.75) is 44.7 Å². The van der Waals surface area contributed by atoms with E-state index in [0.29, 0.717) is 17.9 Å². The summed E-state index contributed by atoms with van der Waals surface area (Å²) in [5.41, 5.74) is 2.51. The molecule has 0 aliphatic carbocycles. The smallest absolute Gasteiger partial charge is 0.250 e. The average Bonchev–Trinajstić information content (AvgIpc) is 3.37. The van der Waals surface area contributed by atoms with Crippen LogP contribution in [0.2, 0.25) is 0 Å². The van der Waals surface area contributed by atoms with Crippen LogP contribution in [0.3, 0.4) is 0 Å². The van der Waals surface area contributed by atoms with Crippen molar-refractivity contribution in [2.24, 2.45) is 5.92 Å². The van der Waals surface area contributed by atoms with Gasteiger partial charge in [-0.25, -0.2) is 0 Å². The maximum Gasteiger partial charge on any atom is 0.250 e. The third kappa shape index (κ3) is 3.14. The van der Waals surface area contributed by atoms with Gasteiger partial charge in [0.2, 0.25) is 0 Å². The second kappa shape index (κ2) is 7.33. The molecule has 3 aromatic rings. The molecule has 0 aromatic carbocycles. The molecule has 0 radical (unpaired) electrons. The lowest BCUT2D eigenvalue weighted by Gasteiger charge is -2.47. The molecule has 6 heteroatoms. The van der Waals surface area contributed by atoms with Gasteiger partial charge in [0.1, 0.15) is 0 Å². The molecular weight excluding hydrogens is 368 g/mol. The number of H-pyrrole nitrogens is 1. The molecule has 5 rings (SSSR count). The van der Waals surface area contributed by atoms with Crippen molar-refractivity contribution >= 4 is 11.3 Å². The van der Waals surface area contributed by atoms with Gasteiger partial charge in [-0.3, -0.25) is 14.8 Å². The molecule has 1 N–H and O–H groups in total. The van der Waals surface area contributed by atoms with Gasteiger partial charge in [-0.05, 0) is 43.0 Å². The van der Waals surface area contributed by atoms with E-state index in [1.54, 1.807) is 12.3 Å². The lowest BCUT2D eigenvalue weighted by molar-refractivity contribution is 0.0824. The molecular formula is C22H26N4OS. The molecule has 0 unspecified atom stereocenters. The molecule has 1 saturated heterocycles. The first-order valence-electron chi connectivity index (χ1n) is 10.2. The van der Waals surface area contributed by atoms with Crippen molar-refractivity contribution in [2.75, 3.05) is 13.1 Å². The van der Waals surface area contributed by atoms with Gasteiger partial charge in [0.25, 0.3) is 5.56 Å². The summed E-state index contributed by atoms with van der Waals surface area (Å²) in [6, 6.07) is 12.6. The van der Waals surface area contributed by atoms with Crippen LogP contribution in [0.15, 0.2) is 47.4 Å². The van der Waals surface area contributed by atoms with E-state index in [9.17, 15) is 4.79 Å². The highest BCUT2D eigenvalue weighted by molar-refractivity contribution is 7.15. The van der Waals surface area contributed by atoms with Crippen molar-refractivity contribution in [1.82, 2.24) is 19.7 Å². The predicted molar refractivity (Wildman–Crippen MR) is 113 cm³/mol. The van der Waals surface area contributed by atoms with Gasteiger partial charge in [0.15, 0.2) is 0 Å². The molecule has 2 bridgehead atoms. The molecule has 5 heterocycles. The first-order chi connectivity index (χ1) is 13.7. The van der Waals surface area contributed by atoms with E-state index in [0.717, 1.165) is 38.2 Å². The van der Waals surface area contributed by atoms with Gasteiger partial charge in [-0.2, -0.15) is 5.10 Å². The number of thiophene rings is 1. The molecule has 1 fully saturated rings. The number of pyridine rings is 1. The number of hydrogen-bond donors (Lipinski definition) is 1. The summed E-state index contributed by atoms with van der Waals surface area (Å²) in [6.07, 6.45) is 5.22. The maximum absolute atomic E-state index is 12.6. The summed E-state index contributed by atoms with van der Waals surface area (Å²) in [5.74, 6) is 1.03. The first-order valence-corrected chi connectivity index (χ1v) is 11.1. The van der Waals surface area contributed by atoms with E-state index in [-0.39, 0.29) is 5.56 Å². The van der Waals surface area contributed by atoms with E-state index in [4.69, 9.17) is 0 Å². The quantitative estimate of drug-likeness (QED) is 0.703. The third-order valence-electron chi connectivity index (χ3n) is 6.27. The second-order valence-corrected chi connectivity index (χ2v) is 9.31. The van der Waals surface area contributed by atoms with Gasteiger partial charge in [-0.1, -0.05) is 19.4 Å². The highest BCUT2D eigenvalue weighted by Crippen LogP contribution is 2.43. The maximum atomic E-state index is 12.6. The lowest BCUT2D eigenvalue weighted by Crippen LogP contribution is -2.49. The Labute approximate surface area is 169 Å². The van der Waals surface area contributed by atoms with Crippen LogP contribution >= 0.6 is 11.3 Å². The van der Waals surface area contributed by atoms with Crippen LogP contribution in [-0.4, -0.2) is 32.8 Å². The summed E-state index contributed by atoms with van der Waals surface area (Å²) in [4.78, 5) is 17.8. The second-order valence-electron chi connectivity index (χ2n) is 8.14. The van der Waals surface area contributed by atoms with Crippen LogP contribution in [-0.2, 0) is 6.54 Å². The van der Waals surface area contributed by atoms with E-state index in [2.05, 4.69) is 44.8 Å². The van der Waals surface area contributed by atoms with Crippen molar-refractivity contribution in [1.29, 1.82) is 0 Å². The Bertz CT molecular complexity index is 1010. The topological polar surface area (TPSA) is 53.9 Å². The minimum absolute atomic E-state index is 0.182. The summed E-state index contributed by atoms with van der Waals surface area (Å²) in [6.45, 7) is 5.33. The highest BCUT2D eigenvalue weighted by atomic mass is 32.1. The molecule has 0 saturated carbocycles. The fraction of sp³-hybridized carbons (Fsp3) is 0.455. The Morgan fingerprint density at radius 3 is 2.96 bits per heavy atom. The average molecular weight is 395 g/mol. The molecule has 5 nitrogen and oxygen atoms in total. The number of hydrogen-bond acceptors (Lipinski definition) is 4. The summed E-state index contributed by atoms with van der Waals surface area (Å²) < 4.78 is 2.13. The van der Waals surface area contributed by atoms with Crippen LogP contribution in [0.5, 0.6) is 0 Å². The summed E-state index contributed by atoms with van der Waals surface area (Å²) >= 11 is 1.84. The third-order valence-corrected chi connectivity index (χ3v) is 7.37. The van der Waals surface area contributed by atoms with Gasteiger partial charge in [0.05, 0.1) is 10.6 Å². The zero-order valence-electron chi connectivity index (χ0n) is 16.2. The highest BCUT2D eigenvalue weighted by Gasteiger charge is 2.39. The van der Waals surface area contributed by atoms with E-state index in [1.165, 1.54) is 21.9 Å². The fourth-order valence-corrected chi connectivity index (χ4v) is 6.18. The molecule has 0 amide bonds. The van der Waals surface area contributed by atoms with Crippen molar-refractivity contribution < 1.29 is 0 Å². The Hall–Kier alpha value is -2.18. The minimum Gasteiger partial charge on any atom is -0.309 e. The summed E-state index contributed by atoms with van der Waals surface area (Å²) in [7, 11) is 0. The number of aromatic amines is 1. The van der Waals surface area contributed by atoms with E-state index < -0.39 is 0 Å². The number of likely N-dealkylation sites (tertiary alicyclic amines) is 1. The van der Waals surface area contributed by atoms with Crippen LogP contribution < -0.4 is 5.56 Å². The molecule has 146 valence electrons. The van der Waals surface area contributed by atoms with Crippen LogP contribution in [0.4, 0.5) is 0 Å². The Morgan fingerprint density at radius 1 is 1.21 bits per heavy atom. The van der Waals surface area contributed by atoms with Crippen LogP contribution in [0, 0.1) is 5.92 Å². The number of aromatic nitrogens is 3. The molecule has 28 heavy (non-hydrogen) atoms. The van der Waals surface area contributed by atoms with Gasteiger partial charge in [0, 0.05) is 54.4 Å². The van der Waals surface area contributed by atoms with E-state index >= 15 is 0 Å². The molecule has 2 aliphatic rings. The largest absolute Gasteiger partial charge is 0.309 e. The number of fused-ring (bicyclic) bond motifs is 4. The van der Waals surface area contributed by atoms with Crippen molar-refractivity contribution in [3.8, 4) is 10.6 Å². The first kappa shape index (κ1) is 17.9. The fourth-order valence-electron chi connectivity index (χ4n) is 5.15. The van der Waals surface area contributed by atoms with Crippen LogP contribution in [0.1, 0.15) is 48.7 Å². The molecule has 3 atom stereocenters. The SMILES string of the molecule is CCC[C@H]1[C@H]2C[C@H](CN(Cc3ccc(-c4ccn[nH]4)s3)C2)c2cccc(=O)n21. The van der Waals surface area contributed by atoms with Crippen molar-refractivity contribution in [3.63, 3.8) is 0 Å². The number of nitrogens with one attached hydrogen (secondary N) is 1. The Morgan fingerprint density at radius 2 is 2.14 bits per heavy atom. The van der Waals surface area contributed by atoms with Crippen LogP contribution in [0.25, 0.3) is 10.6 Å². The Kier molecular flexibility index (Phi) is 4.69. The summed E-state index contributed by atoms with van der Waals surface area (Å²) in [5, 5.41) is 7.11. The van der Waals surface area contributed by atoms with Gasteiger partial charge < -0.3 is 4.57 Å². The number of piperidine rings is 1. The predicted octanol–water partition coefficient (Wildman–Crippen LogP) is 4.26. The molecule has 2 aliphatic heterocycles. The normalized spacial score (nSPS) is 24.2. The van der Waals surface area contributed by atoms with Gasteiger partial charge in [-0.15, -0.1) is 11.3 Å². The number of nitrogens with zero attached hydrogens (tertiary/aromatic N) is 3. The lowest BCUT2D eigenvalue weighted by atomic mass is 9.77. The number of rotatable bonds is 5. The standard InChI is InChI=1S/C22H26N4OS/c1-2-4-19-15-11-16(20-5-3-6-22(27)26(19)20)13-25(12-15)14-17-7-8-21(28-17)18-9-10-23-24-18/h3,5-10,15-16,19H,2,4,11-14H2,1H3,(H,23,24)/t15-,16+,19-/m0/s1. The van der Waals surface area contributed by atoms with Gasteiger partial charge >= 0.3 is 0 Å². The van der Waals surface area contributed by atoms with E-state index in [1.807, 2.05) is 23.5 Å². The molecule has 0 spiro atoms. The zero-order chi connectivity index (χ0) is 19.1. The zero-order valence-corrected chi connectivity index (χ0v) is 17.0.